The maximum absolute atomic E-state index is 15.1. The number of carbonyl (C=O) groups is 4. The fourth-order valence-electron chi connectivity index (χ4n) is 7.63. The Kier molecular flexibility index (Phi) is 7.07. The summed E-state index contributed by atoms with van der Waals surface area (Å²) >= 11 is 14.1. The molecule has 2 aliphatic carbocycles. The second-order valence-electron chi connectivity index (χ2n) is 12.0. The summed E-state index contributed by atoms with van der Waals surface area (Å²) in [7, 11) is 0. The van der Waals surface area contributed by atoms with E-state index < -0.39 is 104 Å². The number of fused-ring (bicyclic) bond motifs is 4. The Balaban J connectivity index is 1.40. The van der Waals surface area contributed by atoms with Crippen LogP contribution in [-0.2, 0) is 25.7 Å². The molecule has 0 aromatic heterocycles. The highest BCUT2D eigenvalue weighted by Crippen LogP contribution is 2.66. The van der Waals surface area contributed by atoms with Crippen LogP contribution >= 0.6 is 23.2 Å². The fourth-order valence-corrected chi connectivity index (χ4v) is 8.56. The Bertz CT molecular complexity index is 1930. The van der Waals surface area contributed by atoms with E-state index in [-0.39, 0.29) is 29.0 Å². The Hall–Kier alpha value is -4.29. The van der Waals surface area contributed by atoms with Gasteiger partial charge in [0.05, 0.1) is 18.4 Å². The van der Waals surface area contributed by atoms with Crippen LogP contribution in [-0.4, -0.2) is 43.4 Å². The molecule has 242 valence electrons. The number of phenolic OH excluding ortho intramolecular Hbond substituents is 1. The van der Waals surface area contributed by atoms with Crippen LogP contribution in [0.15, 0.2) is 66.2 Å². The monoisotopic (exact) mass is 690 g/mol. The van der Waals surface area contributed by atoms with E-state index in [1.807, 2.05) is 0 Å². The molecule has 7 nitrogen and oxygen atoms in total. The summed E-state index contributed by atoms with van der Waals surface area (Å²) in [5.74, 6) is -21.6. The highest BCUT2D eigenvalue weighted by Gasteiger charge is 2.77. The molecule has 2 aliphatic heterocycles. The van der Waals surface area contributed by atoms with E-state index in [0.717, 1.165) is 4.90 Å². The summed E-state index contributed by atoms with van der Waals surface area (Å²) in [6.07, 6.45) is 0.950. The molecule has 7 rings (SSSR count). The van der Waals surface area contributed by atoms with Gasteiger partial charge in [0.25, 0.3) is 11.8 Å². The molecule has 3 fully saturated rings. The topological polar surface area (TPSA) is 95.0 Å². The predicted molar refractivity (Wildman–Crippen MR) is 157 cm³/mol. The first-order valence-electron chi connectivity index (χ1n) is 14.4. The zero-order valence-electron chi connectivity index (χ0n) is 23.8. The van der Waals surface area contributed by atoms with Crippen molar-refractivity contribution >= 4 is 52.5 Å². The van der Waals surface area contributed by atoms with Gasteiger partial charge in [-0.05, 0) is 30.4 Å². The normalized spacial score (nSPS) is 30.0. The van der Waals surface area contributed by atoms with Crippen molar-refractivity contribution in [3.8, 4) is 5.75 Å². The Morgan fingerprint density at radius 1 is 0.766 bits per heavy atom. The number of rotatable bonds is 4. The number of allylic oxidation sites excluding steroid dienone is 2. The lowest BCUT2D eigenvalue weighted by atomic mass is 9.56. The van der Waals surface area contributed by atoms with E-state index in [1.54, 1.807) is 36.4 Å². The molecule has 47 heavy (non-hydrogen) atoms. The number of aromatic hydroxyl groups is 1. The zero-order chi connectivity index (χ0) is 33.7. The summed E-state index contributed by atoms with van der Waals surface area (Å²) in [6.45, 7) is -0.0482. The van der Waals surface area contributed by atoms with Crippen LogP contribution in [0.1, 0.15) is 29.9 Å². The number of benzene rings is 3. The van der Waals surface area contributed by atoms with Crippen molar-refractivity contribution in [1.29, 1.82) is 0 Å². The van der Waals surface area contributed by atoms with Gasteiger partial charge in [0.1, 0.15) is 11.4 Å². The molecule has 14 heteroatoms. The number of likely N-dealkylation sites (tertiary alicyclic amines) is 1. The van der Waals surface area contributed by atoms with Gasteiger partial charge in [0, 0.05) is 11.5 Å². The molecule has 6 atom stereocenters. The van der Waals surface area contributed by atoms with Gasteiger partial charge in [0.15, 0.2) is 33.0 Å². The third kappa shape index (κ3) is 4.03. The van der Waals surface area contributed by atoms with Gasteiger partial charge >= 0.3 is 0 Å². The lowest BCUT2D eigenvalue weighted by Gasteiger charge is -2.50. The molecule has 2 saturated heterocycles. The lowest BCUT2D eigenvalue weighted by Crippen LogP contribution is -2.60. The van der Waals surface area contributed by atoms with E-state index in [4.69, 9.17) is 23.2 Å². The van der Waals surface area contributed by atoms with Crippen LogP contribution in [0.3, 0.4) is 0 Å². The Labute approximate surface area is 273 Å². The largest absolute Gasteiger partial charge is 0.508 e. The van der Waals surface area contributed by atoms with Gasteiger partial charge < -0.3 is 5.11 Å². The molecular weight excluding hydrogens is 670 g/mol. The molecule has 0 radical (unpaired) electrons. The number of imide groups is 2. The zero-order valence-corrected chi connectivity index (χ0v) is 25.3. The summed E-state index contributed by atoms with van der Waals surface area (Å²) in [5, 5.41) is 11.0. The minimum absolute atomic E-state index is 0.00219. The number of nitrogens with zero attached hydrogens (tertiary/aromatic N) is 2. The molecule has 3 aromatic carbocycles. The van der Waals surface area contributed by atoms with Crippen molar-refractivity contribution in [2.45, 2.75) is 35.1 Å². The lowest BCUT2D eigenvalue weighted by molar-refractivity contribution is -0.141. The predicted octanol–water partition coefficient (Wildman–Crippen LogP) is 5.85. The number of hydrogen-bond acceptors (Lipinski definition) is 5. The average Bonchev–Trinajstić information content (AvgIpc) is 3.38. The van der Waals surface area contributed by atoms with Gasteiger partial charge in [-0.3, -0.25) is 24.1 Å². The van der Waals surface area contributed by atoms with Crippen molar-refractivity contribution in [3.05, 3.63) is 106 Å². The summed E-state index contributed by atoms with van der Waals surface area (Å²) in [4.78, 5) is 51.4. The van der Waals surface area contributed by atoms with Crippen LogP contribution in [0, 0.1) is 46.8 Å². The molecule has 6 unspecified atom stereocenters. The van der Waals surface area contributed by atoms with Crippen molar-refractivity contribution in [2.24, 2.45) is 17.8 Å². The van der Waals surface area contributed by atoms with Gasteiger partial charge in [0.2, 0.25) is 17.6 Å². The second-order valence-corrected chi connectivity index (χ2v) is 13.2. The Morgan fingerprint density at radius 3 is 2.00 bits per heavy atom. The first-order valence-corrected chi connectivity index (χ1v) is 15.2. The first kappa shape index (κ1) is 31.3. The number of anilines is 1. The van der Waals surface area contributed by atoms with Crippen LogP contribution in [0.5, 0.6) is 5.75 Å². The maximum Gasteiger partial charge on any atom is 0.258 e. The van der Waals surface area contributed by atoms with Crippen molar-refractivity contribution in [1.82, 2.24) is 4.90 Å². The standard InChI is InChI=1S/C33H21Cl2F5N2O5/c34-32-12-18-15(10-11-17-20(18)29(45)41(28(17)44)13-14-6-2-1-3-7-14)21(16-8-4-5-9-19(16)43)33(32,35)31(47)42(30(32)46)27-25(39)23(37)22(36)24(38)26(27)40/h1-10,17-18,20-21,43H,11-13H2. The number of para-hydroxylation sites is 1. The smallest absolute Gasteiger partial charge is 0.258 e. The van der Waals surface area contributed by atoms with Crippen LogP contribution in [0.25, 0.3) is 0 Å². The quantitative estimate of drug-likeness (QED) is 0.0926. The first-order chi connectivity index (χ1) is 22.3. The molecule has 3 aromatic rings. The van der Waals surface area contributed by atoms with Crippen molar-refractivity contribution in [2.75, 3.05) is 4.90 Å². The highest BCUT2D eigenvalue weighted by atomic mass is 35.5. The van der Waals surface area contributed by atoms with E-state index >= 15 is 8.78 Å². The average molecular weight is 691 g/mol. The number of halogens is 7. The van der Waals surface area contributed by atoms with Gasteiger partial charge in [-0.2, -0.15) is 0 Å². The van der Waals surface area contributed by atoms with Crippen LogP contribution in [0.2, 0.25) is 0 Å². The number of amides is 4. The second kappa shape index (κ2) is 10.6. The van der Waals surface area contributed by atoms with Crippen molar-refractivity contribution < 1.29 is 46.2 Å². The van der Waals surface area contributed by atoms with Crippen molar-refractivity contribution in [3.63, 3.8) is 0 Å². The van der Waals surface area contributed by atoms with Crippen LogP contribution < -0.4 is 4.90 Å². The fraction of sp³-hybridized carbons (Fsp3) is 0.273. The minimum atomic E-state index is -2.70. The maximum atomic E-state index is 15.1. The molecule has 1 N–H and O–H groups in total. The van der Waals surface area contributed by atoms with Crippen LogP contribution in [0.4, 0.5) is 27.6 Å². The molecule has 4 amide bonds. The third-order valence-corrected chi connectivity index (χ3v) is 11.2. The van der Waals surface area contributed by atoms with E-state index in [0.29, 0.717) is 5.56 Å². The molecule has 0 spiro atoms. The SMILES string of the molecule is O=C1C2CC=C3C(CC4(Cl)C(=O)N(c5c(F)c(F)c(F)c(F)c5F)C(=O)C4(Cl)C3c3ccccc3O)C2C(=O)N1Cc1ccccc1. The molecule has 0 bridgehead atoms. The number of phenols is 1. The third-order valence-electron chi connectivity index (χ3n) is 9.74. The van der Waals surface area contributed by atoms with E-state index in [2.05, 4.69) is 0 Å². The Morgan fingerprint density at radius 2 is 1.36 bits per heavy atom. The summed E-state index contributed by atoms with van der Waals surface area (Å²) in [5.41, 5.74) is -0.999. The number of hydrogen-bond donors (Lipinski definition) is 1. The number of carbonyl (C=O) groups excluding carboxylic acids is 4. The van der Waals surface area contributed by atoms with E-state index in [1.165, 1.54) is 24.3 Å². The molecular formula is C33H21Cl2F5N2O5. The molecule has 1 saturated carbocycles. The minimum Gasteiger partial charge on any atom is -0.508 e. The number of alkyl halides is 2. The summed E-state index contributed by atoms with van der Waals surface area (Å²) < 4.78 is 72.8. The van der Waals surface area contributed by atoms with Gasteiger partial charge in [-0.15, -0.1) is 23.2 Å². The highest BCUT2D eigenvalue weighted by molar-refractivity contribution is 6.58. The van der Waals surface area contributed by atoms with Gasteiger partial charge in [-0.25, -0.2) is 26.9 Å². The molecule has 4 aliphatic rings. The van der Waals surface area contributed by atoms with E-state index in [9.17, 15) is 37.5 Å². The van der Waals surface area contributed by atoms with Gasteiger partial charge in [-0.1, -0.05) is 60.2 Å². The molecule has 2 heterocycles. The summed E-state index contributed by atoms with van der Waals surface area (Å²) in [6, 6.07) is 14.2.